The highest BCUT2D eigenvalue weighted by Gasteiger charge is 2.23. The Morgan fingerprint density at radius 3 is 2.52 bits per heavy atom. The lowest BCUT2D eigenvalue weighted by atomic mass is 10.1. The molecule has 0 saturated carbocycles. The van der Waals surface area contributed by atoms with E-state index in [-0.39, 0.29) is 24.1 Å². The molecule has 7 nitrogen and oxygen atoms in total. The number of hydrogen-bond acceptors (Lipinski definition) is 5. The van der Waals surface area contributed by atoms with Crippen molar-refractivity contribution in [2.45, 2.75) is 6.54 Å². The molecule has 1 aliphatic heterocycles. The van der Waals surface area contributed by atoms with Crippen LogP contribution in [0.1, 0.15) is 26.6 Å². The average Bonchev–Trinajstić information content (AvgIpc) is 3.31. The number of hydrogen-bond donors (Lipinski definition) is 1. The second kappa shape index (κ2) is 8.60. The third-order valence-corrected chi connectivity index (χ3v) is 4.93. The van der Waals surface area contributed by atoms with Crippen LogP contribution in [0.5, 0.6) is 0 Å². The number of anilines is 1. The summed E-state index contributed by atoms with van der Waals surface area (Å²) in [5, 5.41) is 2.74. The van der Waals surface area contributed by atoms with Crippen LogP contribution in [0.3, 0.4) is 0 Å². The van der Waals surface area contributed by atoms with Crippen molar-refractivity contribution in [3.63, 3.8) is 0 Å². The molecule has 1 aromatic carbocycles. The third kappa shape index (κ3) is 4.45. The van der Waals surface area contributed by atoms with Crippen LogP contribution < -0.4 is 10.2 Å². The highest BCUT2D eigenvalue weighted by molar-refractivity contribution is 5.98. The molecule has 3 heterocycles. The molecule has 7 heteroatoms. The number of rotatable bonds is 5. The molecule has 2 aromatic heterocycles. The number of pyridine rings is 1. The van der Waals surface area contributed by atoms with Gasteiger partial charge in [-0.25, -0.2) is 0 Å². The van der Waals surface area contributed by atoms with Gasteiger partial charge in [-0.2, -0.15) is 0 Å². The second-order valence-corrected chi connectivity index (χ2v) is 6.81. The zero-order valence-electron chi connectivity index (χ0n) is 16.0. The Labute approximate surface area is 169 Å². The normalized spacial score (nSPS) is 13.9. The van der Waals surface area contributed by atoms with Crippen LogP contribution in [0, 0.1) is 0 Å². The molecule has 0 spiro atoms. The van der Waals surface area contributed by atoms with E-state index in [0.717, 1.165) is 13.1 Å². The van der Waals surface area contributed by atoms with Gasteiger partial charge in [0.25, 0.3) is 11.8 Å². The predicted octanol–water partition coefficient (Wildman–Crippen LogP) is 2.57. The molecule has 29 heavy (non-hydrogen) atoms. The smallest absolute Gasteiger partial charge is 0.270 e. The summed E-state index contributed by atoms with van der Waals surface area (Å²) >= 11 is 0. The number of carbonyl (C=O) groups is 2. The lowest BCUT2D eigenvalue weighted by Crippen LogP contribution is -2.48. The van der Waals surface area contributed by atoms with Gasteiger partial charge in [0.05, 0.1) is 12.8 Å². The maximum Gasteiger partial charge on any atom is 0.270 e. The third-order valence-electron chi connectivity index (χ3n) is 4.93. The largest absolute Gasteiger partial charge is 0.467 e. The van der Waals surface area contributed by atoms with Crippen molar-refractivity contribution in [3.8, 4) is 0 Å². The molecule has 3 aromatic rings. The Balaban J connectivity index is 1.36. The lowest BCUT2D eigenvalue weighted by molar-refractivity contribution is 0.0746. The summed E-state index contributed by atoms with van der Waals surface area (Å²) in [6, 6.07) is 16.9. The van der Waals surface area contributed by atoms with Gasteiger partial charge in [0.2, 0.25) is 0 Å². The molecule has 0 radical (unpaired) electrons. The molecule has 0 atom stereocenters. The number of carbonyl (C=O) groups excluding carboxylic acids is 2. The zero-order valence-corrected chi connectivity index (χ0v) is 16.0. The average molecular weight is 390 g/mol. The van der Waals surface area contributed by atoms with Crippen molar-refractivity contribution < 1.29 is 14.0 Å². The summed E-state index contributed by atoms with van der Waals surface area (Å²) in [4.78, 5) is 33.4. The summed E-state index contributed by atoms with van der Waals surface area (Å²) in [5.74, 6) is 0.229. The molecule has 0 bridgehead atoms. The van der Waals surface area contributed by atoms with Crippen molar-refractivity contribution in [2.75, 3.05) is 31.1 Å². The Morgan fingerprint density at radius 2 is 1.79 bits per heavy atom. The Bertz CT molecular complexity index is 965. The van der Waals surface area contributed by atoms with Gasteiger partial charge in [-0.05, 0) is 36.4 Å². The van der Waals surface area contributed by atoms with Crippen LogP contribution in [0.15, 0.2) is 71.5 Å². The monoisotopic (exact) mass is 390 g/mol. The highest BCUT2D eigenvalue weighted by Crippen LogP contribution is 2.17. The predicted molar refractivity (Wildman–Crippen MR) is 109 cm³/mol. The van der Waals surface area contributed by atoms with Gasteiger partial charge in [0, 0.05) is 43.6 Å². The summed E-state index contributed by atoms with van der Waals surface area (Å²) in [5.41, 5.74) is 1.85. The first-order valence-electron chi connectivity index (χ1n) is 9.56. The summed E-state index contributed by atoms with van der Waals surface area (Å²) in [6.07, 6.45) is 3.05. The summed E-state index contributed by atoms with van der Waals surface area (Å²) < 4.78 is 5.20. The molecule has 1 fully saturated rings. The number of para-hydroxylation sites is 1. The fraction of sp³-hybridized carbons (Fsp3) is 0.227. The minimum Gasteiger partial charge on any atom is -0.467 e. The number of nitrogens with one attached hydrogen (secondary N) is 1. The molecule has 0 unspecified atom stereocenters. The molecule has 1 aliphatic rings. The fourth-order valence-corrected chi connectivity index (χ4v) is 3.35. The lowest BCUT2D eigenvalue weighted by Gasteiger charge is -2.36. The van der Waals surface area contributed by atoms with Gasteiger partial charge < -0.3 is 19.5 Å². The number of benzene rings is 1. The van der Waals surface area contributed by atoms with Crippen molar-refractivity contribution in [2.24, 2.45) is 0 Å². The van der Waals surface area contributed by atoms with Crippen LogP contribution in [0.25, 0.3) is 0 Å². The minimum absolute atomic E-state index is 0.0832. The molecular weight excluding hydrogens is 368 g/mol. The van der Waals surface area contributed by atoms with Crippen molar-refractivity contribution in [1.29, 1.82) is 0 Å². The number of aromatic nitrogens is 1. The Morgan fingerprint density at radius 1 is 1.00 bits per heavy atom. The van der Waals surface area contributed by atoms with Gasteiger partial charge >= 0.3 is 0 Å². The number of nitrogens with zero attached hydrogens (tertiary/aromatic N) is 3. The topological polar surface area (TPSA) is 78.7 Å². The molecule has 2 amide bonds. The van der Waals surface area contributed by atoms with Crippen molar-refractivity contribution in [1.82, 2.24) is 15.2 Å². The van der Waals surface area contributed by atoms with Crippen LogP contribution in [0.2, 0.25) is 0 Å². The van der Waals surface area contributed by atoms with E-state index >= 15 is 0 Å². The first-order chi connectivity index (χ1) is 14.2. The number of furan rings is 1. The molecule has 4 rings (SSSR count). The van der Waals surface area contributed by atoms with E-state index in [9.17, 15) is 9.59 Å². The standard InChI is InChI=1S/C22H22N4O3/c27-21(24-16-19-7-4-14-29-19)20-15-17(8-9-23-20)22(28)26-12-10-25(11-13-26)18-5-2-1-3-6-18/h1-9,14-15H,10-13,16H2,(H,24,27). The van der Waals surface area contributed by atoms with Gasteiger partial charge in [-0.3, -0.25) is 14.6 Å². The van der Waals surface area contributed by atoms with E-state index in [2.05, 4.69) is 27.3 Å². The quantitative estimate of drug-likeness (QED) is 0.724. The van der Waals surface area contributed by atoms with E-state index in [0.29, 0.717) is 24.4 Å². The van der Waals surface area contributed by atoms with E-state index in [1.807, 2.05) is 23.1 Å². The van der Waals surface area contributed by atoms with Crippen LogP contribution in [-0.2, 0) is 6.54 Å². The van der Waals surface area contributed by atoms with Gasteiger partial charge in [0.15, 0.2) is 0 Å². The van der Waals surface area contributed by atoms with Crippen LogP contribution in [0.4, 0.5) is 5.69 Å². The van der Waals surface area contributed by atoms with Crippen molar-refractivity contribution in [3.05, 3.63) is 84.1 Å². The molecular formula is C22H22N4O3. The summed E-state index contributed by atoms with van der Waals surface area (Å²) in [7, 11) is 0. The number of piperazine rings is 1. The number of amides is 2. The minimum atomic E-state index is -0.343. The molecule has 1 saturated heterocycles. The zero-order chi connectivity index (χ0) is 20.1. The first kappa shape index (κ1) is 18.7. The van der Waals surface area contributed by atoms with Crippen LogP contribution in [-0.4, -0.2) is 47.9 Å². The molecule has 0 aliphatic carbocycles. The van der Waals surface area contributed by atoms with Crippen molar-refractivity contribution >= 4 is 17.5 Å². The van der Waals surface area contributed by atoms with Crippen LogP contribution >= 0.6 is 0 Å². The SMILES string of the molecule is O=C(NCc1ccco1)c1cc(C(=O)N2CCN(c3ccccc3)CC2)ccn1. The fourth-order valence-electron chi connectivity index (χ4n) is 3.35. The maximum atomic E-state index is 12.9. The van der Waals surface area contributed by atoms with E-state index < -0.39 is 0 Å². The maximum absolute atomic E-state index is 12.9. The van der Waals surface area contributed by atoms with E-state index in [4.69, 9.17) is 4.42 Å². The van der Waals surface area contributed by atoms with E-state index in [1.54, 1.807) is 30.5 Å². The highest BCUT2D eigenvalue weighted by atomic mass is 16.3. The van der Waals surface area contributed by atoms with Gasteiger partial charge in [-0.15, -0.1) is 0 Å². The first-order valence-corrected chi connectivity index (χ1v) is 9.56. The molecule has 148 valence electrons. The summed E-state index contributed by atoms with van der Waals surface area (Å²) in [6.45, 7) is 3.09. The Kier molecular flexibility index (Phi) is 5.56. The second-order valence-electron chi connectivity index (χ2n) is 6.81. The van der Waals surface area contributed by atoms with E-state index in [1.165, 1.54) is 11.9 Å². The van der Waals surface area contributed by atoms with Gasteiger partial charge in [-0.1, -0.05) is 18.2 Å². The Hall–Kier alpha value is -3.61. The molecule has 1 N–H and O–H groups in total. The van der Waals surface area contributed by atoms with Gasteiger partial charge in [0.1, 0.15) is 11.5 Å².